The zero-order valence-electron chi connectivity index (χ0n) is 14.5. The van der Waals surface area contributed by atoms with Gasteiger partial charge in [0.25, 0.3) is 0 Å². The van der Waals surface area contributed by atoms with Crippen molar-refractivity contribution in [3.05, 3.63) is 30.3 Å². The zero-order chi connectivity index (χ0) is 17.1. The minimum atomic E-state index is -0.234. The first-order valence-electron chi connectivity index (χ1n) is 9.25. The molecular weight excluding hydrogens is 319 g/mol. The van der Waals surface area contributed by atoms with Crippen LogP contribution in [-0.4, -0.2) is 60.8 Å². The standard InChI is InChI=1S/C19H25FN4O/c20-16-2-1-3-17-18(16)19(22-14-21-17)24-8-5-15(6-9-24)4-7-23-10-12-25-13-11-23/h1-3,14-15H,4-13H2. The second kappa shape index (κ2) is 7.62. The van der Waals surface area contributed by atoms with Crippen LogP contribution in [0.5, 0.6) is 0 Å². The van der Waals surface area contributed by atoms with Crippen molar-refractivity contribution in [2.75, 3.05) is 50.8 Å². The topological polar surface area (TPSA) is 41.5 Å². The van der Waals surface area contributed by atoms with Gasteiger partial charge in [-0.2, -0.15) is 0 Å². The molecule has 0 amide bonds. The van der Waals surface area contributed by atoms with Gasteiger partial charge in [-0.15, -0.1) is 0 Å². The van der Waals surface area contributed by atoms with Crippen molar-refractivity contribution in [2.24, 2.45) is 5.92 Å². The summed E-state index contributed by atoms with van der Waals surface area (Å²) < 4.78 is 19.7. The number of morpholine rings is 1. The molecule has 6 heteroatoms. The van der Waals surface area contributed by atoms with Crippen molar-refractivity contribution in [1.82, 2.24) is 14.9 Å². The van der Waals surface area contributed by atoms with E-state index in [0.29, 0.717) is 10.9 Å². The molecule has 0 bridgehead atoms. The van der Waals surface area contributed by atoms with Gasteiger partial charge in [-0.05, 0) is 43.9 Å². The third kappa shape index (κ3) is 3.75. The van der Waals surface area contributed by atoms with E-state index in [9.17, 15) is 4.39 Å². The Morgan fingerprint density at radius 1 is 1.08 bits per heavy atom. The summed E-state index contributed by atoms with van der Waals surface area (Å²) in [6.07, 6.45) is 5.07. The Morgan fingerprint density at radius 2 is 1.88 bits per heavy atom. The molecule has 3 heterocycles. The van der Waals surface area contributed by atoms with Gasteiger partial charge >= 0.3 is 0 Å². The van der Waals surface area contributed by atoms with Gasteiger partial charge in [0.15, 0.2) is 0 Å². The molecule has 0 radical (unpaired) electrons. The van der Waals surface area contributed by atoms with E-state index in [1.807, 2.05) is 6.07 Å². The summed E-state index contributed by atoms with van der Waals surface area (Å²) in [4.78, 5) is 13.3. The molecule has 0 unspecified atom stereocenters. The maximum atomic E-state index is 14.3. The highest BCUT2D eigenvalue weighted by molar-refractivity contribution is 5.89. The number of rotatable bonds is 4. The summed E-state index contributed by atoms with van der Waals surface area (Å²) in [5.41, 5.74) is 0.680. The maximum Gasteiger partial charge on any atom is 0.142 e. The number of nitrogens with zero attached hydrogens (tertiary/aromatic N) is 4. The Kier molecular flexibility index (Phi) is 5.08. The lowest BCUT2D eigenvalue weighted by Crippen LogP contribution is -2.39. The highest BCUT2D eigenvalue weighted by atomic mass is 19.1. The van der Waals surface area contributed by atoms with E-state index in [1.54, 1.807) is 12.4 Å². The second-order valence-corrected chi connectivity index (χ2v) is 7.00. The van der Waals surface area contributed by atoms with Gasteiger partial charge < -0.3 is 9.64 Å². The zero-order valence-corrected chi connectivity index (χ0v) is 14.5. The van der Waals surface area contributed by atoms with Crippen LogP contribution in [0.25, 0.3) is 10.9 Å². The van der Waals surface area contributed by atoms with E-state index in [0.717, 1.165) is 64.0 Å². The Bertz CT molecular complexity index is 706. The Morgan fingerprint density at radius 3 is 2.68 bits per heavy atom. The van der Waals surface area contributed by atoms with Crippen molar-refractivity contribution in [3.8, 4) is 0 Å². The van der Waals surface area contributed by atoms with Crippen LogP contribution in [0.4, 0.5) is 10.2 Å². The molecule has 5 nitrogen and oxygen atoms in total. The van der Waals surface area contributed by atoms with Crippen LogP contribution >= 0.6 is 0 Å². The fourth-order valence-corrected chi connectivity index (χ4v) is 3.92. The Labute approximate surface area is 147 Å². The Hall–Kier alpha value is -1.79. The molecule has 0 spiro atoms. The highest BCUT2D eigenvalue weighted by Crippen LogP contribution is 2.30. The summed E-state index contributed by atoms with van der Waals surface area (Å²) in [6.45, 7) is 6.90. The number of hydrogen-bond donors (Lipinski definition) is 0. The number of piperidine rings is 1. The van der Waals surface area contributed by atoms with E-state index < -0.39 is 0 Å². The lowest BCUT2D eigenvalue weighted by molar-refractivity contribution is 0.0349. The number of ether oxygens (including phenoxy) is 1. The van der Waals surface area contributed by atoms with Crippen LogP contribution in [0.3, 0.4) is 0 Å². The quantitative estimate of drug-likeness (QED) is 0.853. The fourth-order valence-electron chi connectivity index (χ4n) is 3.92. The largest absolute Gasteiger partial charge is 0.379 e. The molecule has 2 aliphatic heterocycles. The van der Waals surface area contributed by atoms with Crippen molar-refractivity contribution >= 4 is 16.7 Å². The van der Waals surface area contributed by atoms with Gasteiger partial charge in [0.05, 0.1) is 24.1 Å². The molecular formula is C19H25FN4O. The van der Waals surface area contributed by atoms with Gasteiger partial charge in [-0.1, -0.05) is 6.07 Å². The van der Waals surface area contributed by atoms with Crippen LogP contribution in [-0.2, 0) is 4.74 Å². The number of halogens is 1. The second-order valence-electron chi connectivity index (χ2n) is 7.00. The van der Waals surface area contributed by atoms with Crippen LogP contribution in [0, 0.1) is 11.7 Å². The molecule has 1 aromatic carbocycles. The van der Waals surface area contributed by atoms with E-state index in [4.69, 9.17) is 4.74 Å². The summed E-state index contributed by atoms with van der Waals surface area (Å²) in [7, 11) is 0. The van der Waals surface area contributed by atoms with E-state index in [1.165, 1.54) is 19.0 Å². The third-order valence-electron chi connectivity index (χ3n) is 5.46. The Balaban J connectivity index is 1.37. The predicted octanol–water partition coefficient (Wildman–Crippen LogP) is 2.71. The molecule has 2 saturated heterocycles. The molecule has 0 aliphatic carbocycles. The van der Waals surface area contributed by atoms with Crippen LogP contribution < -0.4 is 4.90 Å². The first kappa shape index (κ1) is 16.7. The molecule has 0 atom stereocenters. The molecule has 2 fully saturated rings. The number of aromatic nitrogens is 2. The monoisotopic (exact) mass is 344 g/mol. The maximum absolute atomic E-state index is 14.3. The van der Waals surface area contributed by atoms with Gasteiger partial charge in [0.1, 0.15) is 18.0 Å². The first-order chi connectivity index (χ1) is 12.3. The molecule has 4 rings (SSSR count). The first-order valence-corrected chi connectivity index (χ1v) is 9.25. The molecule has 2 aromatic rings. The van der Waals surface area contributed by atoms with E-state index >= 15 is 0 Å². The van der Waals surface area contributed by atoms with Crippen LogP contribution in [0.2, 0.25) is 0 Å². The lowest BCUT2D eigenvalue weighted by atomic mass is 9.93. The normalized spacial score (nSPS) is 20.3. The summed E-state index contributed by atoms with van der Waals surface area (Å²) in [5.74, 6) is 1.26. The van der Waals surface area contributed by atoms with Crippen molar-refractivity contribution < 1.29 is 9.13 Å². The summed E-state index contributed by atoms with van der Waals surface area (Å²) in [6, 6.07) is 5.04. The van der Waals surface area contributed by atoms with Gasteiger partial charge in [-0.25, -0.2) is 14.4 Å². The summed E-state index contributed by atoms with van der Waals surface area (Å²) >= 11 is 0. The third-order valence-corrected chi connectivity index (χ3v) is 5.46. The minimum absolute atomic E-state index is 0.234. The van der Waals surface area contributed by atoms with Crippen molar-refractivity contribution in [3.63, 3.8) is 0 Å². The van der Waals surface area contributed by atoms with Crippen LogP contribution in [0.1, 0.15) is 19.3 Å². The fraction of sp³-hybridized carbons (Fsp3) is 0.579. The molecule has 25 heavy (non-hydrogen) atoms. The smallest absolute Gasteiger partial charge is 0.142 e. The highest BCUT2D eigenvalue weighted by Gasteiger charge is 2.23. The molecule has 0 N–H and O–H groups in total. The lowest BCUT2D eigenvalue weighted by Gasteiger charge is -2.34. The van der Waals surface area contributed by atoms with Gasteiger partial charge in [0, 0.05) is 26.2 Å². The van der Waals surface area contributed by atoms with Crippen LogP contribution in [0.15, 0.2) is 24.5 Å². The molecule has 0 saturated carbocycles. The number of anilines is 1. The van der Waals surface area contributed by atoms with Crippen molar-refractivity contribution in [2.45, 2.75) is 19.3 Å². The van der Waals surface area contributed by atoms with Gasteiger partial charge in [-0.3, -0.25) is 4.90 Å². The minimum Gasteiger partial charge on any atom is -0.379 e. The number of benzene rings is 1. The van der Waals surface area contributed by atoms with Gasteiger partial charge in [0.2, 0.25) is 0 Å². The number of fused-ring (bicyclic) bond motifs is 1. The predicted molar refractivity (Wildman–Crippen MR) is 96.3 cm³/mol. The average Bonchev–Trinajstić information content (AvgIpc) is 2.67. The number of hydrogen-bond acceptors (Lipinski definition) is 5. The van der Waals surface area contributed by atoms with Crippen molar-refractivity contribution in [1.29, 1.82) is 0 Å². The molecule has 1 aromatic heterocycles. The average molecular weight is 344 g/mol. The van der Waals surface area contributed by atoms with E-state index in [2.05, 4.69) is 19.8 Å². The molecule has 2 aliphatic rings. The SMILES string of the molecule is Fc1cccc2ncnc(N3CCC(CCN4CCOCC4)CC3)c12. The summed E-state index contributed by atoms with van der Waals surface area (Å²) in [5, 5.41) is 0.553. The molecule has 134 valence electrons. The van der Waals surface area contributed by atoms with E-state index in [-0.39, 0.29) is 5.82 Å².